The van der Waals surface area contributed by atoms with Crippen LogP contribution in [0.25, 0.3) is 0 Å². The second kappa shape index (κ2) is 7.17. The largest absolute Gasteiger partial charge is 0.379 e. The van der Waals surface area contributed by atoms with Gasteiger partial charge in [0.25, 0.3) is 0 Å². The van der Waals surface area contributed by atoms with Gasteiger partial charge in [-0.1, -0.05) is 19.1 Å². The lowest BCUT2D eigenvalue weighted by molar-refractivity contribution is 0.0125. The number of ether oxygens (including phenoxy) is 1. The normalized spacial score (nSPS) is 13.6. The van der Waals surface area contributed by atoms with E-state index in [1.54, 1.807) is 7.11 Å². The molecule has 1 aromatic carbocycles. The summed E-state index contributed by atoms with van der Waals surface area (Å²) < 4.78 is 5.42. The van der Waals surface area contributed by atoms with Crippen molar-refractivity contribution in [3.8, 4) is 0 Å². The summed E-state index contributed by atoms with van der Waals surface area (Å²) in [5.41, 5.74) is 7.34. The number of nitrogens with two attached hydrogens (primary N) is 1. The molecule has 0 radical (unpaired) electrons. The van der Waals surface area contributed by atoms with Gasteiger partial charge in [-0.2, -0.15) is 0 Å². The van der Waals surface area contributed by atoms with Crippen LogP contribution < -0.4 is 5.73 Å². The lowest BCUT2D eigenvalue weighted by Gasteiger charge is -2.24. The molecule has 0 saturated carbocycles. The van der Waals surface area contributed by atoms with Crippen molar-refractivity contribution in [1.29, 1.82) is 0 Å². The molecule has 102 valence electrons. The fourth-order valence-electron chi connectivity index (χ4n) is 1.75. The van der Waals surface area contributed by atoms with Crippen molar-refractivity contribution in [1.82, 2.24) is 0 Å². The van der Waals surface area contributed by atoms with Crippen LogP contribution >= 0.6 is 11.8 Å². The Bertz CT molecular complexity index is 348. The Morgan fingerprint density at radius 3 is 2.39 bits per heavy atom. The first kappa shape index (κ1) is 15.5. The zero-order valence-electron chi connectivity index (χ0n) is 11.9. The molecular weight excluding hydrogens is 242 g/mol. The molecule has 0 heterocycles. The Morgan fingerprint density at radius 2 is 1.89 bits per heavy atom. The predicted molar refractivity (Wildman–Crippen MR) is 80.1 cm³/mol. The number of benzene rings is 1. The lowest BCUT2D eigenvalue weighted by Crippen LogP contribution is -2.24. The second-order valence-electron chi connectivity index (χ2n) is 5.11. The van der Waals surface area contributed by atoms with Gasteiger partial charge in [-0.15, -0.1) is 11.8 Å². The van der Waals surface area contributed by atoms with E-state index in [1.807, 2.05) is 11.8 Å². The molecule has 0 fully saturated rings. The Kier molecular flexibility index (Phi) is 6.19. The van der Waals surface area contributed by atoms with Crippen molar-refractivity contribution in [3.63, 3.8) is 0 Å². The van der Waals surface area contributed by atoms with E-state index in [1.165, 1.54) is 10.5 Å². The molecule has 1 aromatic rings. The molecule has 0 amide bonds. The predicted octanol–water partition coefficient (Wildman–Crippen LogP) is 4.00. The number of rotatable bonds is 7. The first-order chi connectivity index (χ1) is 8.48. The molecule has 0 aliphatic carbocycles. The Labute approximate surface area is 115 Å². The van der Waals surface area contributed by atoms with Gasteiger partial charge in [0.15, 0.2) is 0 Å². The van der Waals surface area contributed by atoms with E-state index in [-0.39, 0.29) is 11.6 Å². The summed E-state index contributed by atoms with van der Waals surface area (Å²) in [6.07, 6.45) is 1.91. The molecule has 0 aliphatic heterocycles. The molecule has 1 atom stereocenters. The van der Waals surface area contributed by atoms with Crippen molar-refractivity contribution < 1.29 is 4.74 Å². The Balaban J connectivity index is 2.53. The maximum Gasteiger partial charge on any atom is 0.0623 e. The third-order valence-electron chi connectivity index (χ3n) is 3.23. The highest BCUT2D eigenvalue weighted by Gasteiger charge is 2.18. The number of thioether (sulfide) groups is 1. The highest BCUT2D eigenvalue weighted by atomic mass is 32.2. The van der Waals surface area contributed by atoms with Crippen molar-refractivity contribution in [2.24, 2.45) is 5.73 Å². The monoisotopic (exact) mass is 267 g/mol. The molecule has 0 aromatic heterocycles. The molecule has 18 heavy (non-hydrogen) atoms. The van der Waals surface area contributed by atoms with Crippen LogP contribution in [0.2, 0.25) is 0 Å². The third kappa shape index (κ3) is 5.01. The molecule has 0 saturated heterocycles. The van der Waals surface area contributed by atoms with Crippen molar-refractivity contribution in [2.45, 2.75) is 50.2 Å². The summed E-state index contributed by atoms with van der Waals surface area (Å²) in [5, 5.41) is 0. The minimum atomic E-state index is -0.0877. The van der Waals surface area contributed by atoms with E-state index < -0.39 is 0 Å². The van der Waals surface area contributed by atoms with E-state index in [2.05, 4.69) is 45.0 Å². The van der Waals surface area contributed by atoms with Gasteiger partial charge in [0, 0.05) is 18.0 Å². The van der Waals surface area contributed by atoms with Crippen LogP contribution in [0.1, 0.15) is 45.2 Å². The second-order valence-corrected chi connectivity index (χ2v) is 6.45. The summed E-state index contributed by atoms with van der Waals surface area (Å²) in [4.78, 5) is 1.31. The molecule has 2 nitrogen and oxygen atoms in total. The van der Waals surface area contributed by atoms with Gasteiger partial charge in [-0.3, -0.25) is 0 Å². The number of methoxy groups -OCH3 is 1. The van der Waals surface area contributed by atoms with Gasteiger partial charge in [0.05, 0.1) is 5.60 Å². The van der Waals surface area contributed by atoms with E-state index in [0.717, 1.165) is 18.6 Å². The van der Waals surface area contributed by atoms with Crippen molar-refractivity contribution in [3.05, 3.63) is 29.8 Å². The Morgan fingerprint density at radius 1 is 1.28 bits per heavy atom. The molecule has 0 bridgehead atoms. The smallest absolute Gasteiger partial charge is 0.0623 e. The lowest BCUT2D eigenvalue weighted by atomic mass is 9.95. The van der Waals surface area contributed by atoms with Crippen LogP contribution in [0, 0.1) is 0 Å². The highest BCUT2D eigenvalue weighted by molar-refractivity contribution is 7.99. The van der Waals surface area contributed by atoms with Crippen LogP contribution in [0.3, 0.4) is 0 Å². The Hall–Kier alpha value is -0.510. The average Bonchev–Trinajstić information content (AvgIpc) is 2.37. The summed E-state index contributed by atoms with van der Waals surface area (Å²) in [6.45, 7) is 6.36. The molecular formula is C15H25NOS. The van der Waals surface area contributed by atoms with Crippen LogP contribution in [0.5, 0.6) is 0 Å². The van der Waals surface area contributed by atoms with Crippen LogP contribution in [0.15, 0.2) is 29.2 Å². The van der Waals surface area contributed by atoms with Crippen molar-refractivity contribution >= 4 is 11.8 Å². The molecule has 0 aliphatic rings. The van der Waals surface area contributed by atoms with E-state index >= 15 is 0 Å². The SMILES string of the molecule is CCSc1ccc(C(N)CCC(C)(C)OC)cc1. The van der Waals surface area contributed by atoms with Gasteiger partial charge in [-0.05, 0) is 50.1 Å². The molecule has 1 unspecified atom stereocenters. The average molecular weight is 267 g/mol. The fraction of sp³-hybridized carbons (Fsp3) is 0.600. The van der Waals surface area contributed by atoms with Gasteiger partial charge in [-0.25, -0.2) is 0 Å². The van der Waals surface area contributed by atoms with E-state index in [9.17, 15) is 0 Å². The number of hydrogen-bond donors (Lipinski definition) is 1. The molecule has 1 rings (SSSR count). The number of hydrogen-bond acceptors (Lipinski definition) is 3. The first-order valence-corrected chi connectivity index (χ1v) is 7.50. The zero-order chi connectivity index (χ0) is 13.6. The quantitative estimate of drug-likeness (QED) is 0.758. The standard InChI is InChI=1S/C15H25NOS/c1-5-18-13-8-6-12(7-9-13)14(16)10-11-15(2,3)17-4/h6-9,14H,5,10-11,16H2,1-4H3. The molecule has 2 N–H and O–H groups in total. The van der Waals surface area contributed by atoms with Crippen LogP contribution in [0.4, 0.5) is 0 Å². The highest BCUT2D eigenvalue weighted by Crippen LogP contribution is 2.25. The zero-order valence-corrected chi connectivity index (χ0v) is 12.7. The minimum absolute atomic E-state index is 0.0877. The van der Waals surface area contributed by atoms with Crippen LogP contribution in [-0.4, -0.2) is 18.5 Å². The third-order valence-corrected chi connectivity index (χ3v) is 4.12. The van der Waals surface area contributed by atoms with Crippen LogP contribution in [-0.2, 0) is 4.74 Å². The van der Waals surface area contributed by atoms with Gasteiger partial charge in [0.2, 0.25) is 0 Å². The van der Waals surface area contributed by atoms with Gasteiger partial charge in [0.1, 0.15) is 0 Å². The van der Waals surface area contributed by atoms with E-state index in [4.69, 9.17) is 10.5 Å². The molecule has 3 heteroatoms. The maximum atomic E-state index is 6.22. The van der Waals surface area contributed by atoms with Gasteiger partial charge >= 0.3 is 0 Å². The summed E-state index contributed by atoms with van der Waals surface area (Å²) in [6, 6.07) is 8.70. The summed E-state index contributed by atoms with van der Waals surface area (Å²) in [5.74, 6) is 1.10. The molecule has 0 spiro atoms. The minimum Gasteiger partial charge on any atom is -0.379 e. The topological polar surface area (TPSA) is 35.2 Å². The van der Waals surface area contributed by atoms with E-state index in [0.29, 0.717) is 0 Å². The maximum absolute atomic E-state index is 6.22. The first-order valence-electron chi connectivity index (χ1n) is 6.52. The van der Waals surface area contributed by atoms with Crippen molar-refractivity contribution in [2.75, 3.05) is 12.9 Å². The van der Waals surface area contributed by atoms with Gasteiger partial charge < -0.3 is 10.5 Å². The fourth-order valence-corrected chi connectivity index (χ4v) is 2.41. The summed E-state index contributed by atoms with van der Waals surface area (Å²) in [7, 11) is 1.75. The summed E-state index contributed by atoms with van der Waals surface area (Å²) >= 11 is 1.86.